The summed E-state index contributed by atoms with van der Waals surface area (Å²) in [6.07, 6.45) is 1.91. The lowest BCUT2D eigenvalue weighted by Crippen LogP contribution is -2.48. The van der Waals surface area contributed by atoms with Crippen LogP contribution < -0.4 is 14.8 Å². The standard InChI is InChI=1S/C18H24N4O3/c1-21-8-9-23-16(17(21)14-6-7-20-22(14)2)11-19-10-13-4-3-5-15-18(13)25-12-24-15/h3-7,16-17,19H,8-12H2,1-2H3/t16-,17-/m0/s1. The van der Waals surface area contributed by atoms with Crippen molar-refractivity contribution in [2.45, 2.75) is 18.7 Å². The van der Waals surface area contributed by atoms with Crippen molar-refractivity contribution in [1.29, 1.82) is 0 Å². The molecular formula is C18H24N4O3. The summed E-state index contributed by atoms with van der Waals surface area (Å²) >= 11 is 0. The number of benzene rings is 1. The first-order chi connectivity index (χ1) is 12.2. The number of morpholine rings is 1. The molecule has 0 amide bonds. The number of aromatic nitrogens is 2. The Hall–Kier alpha value is -2.09. The maximum atomic E-state index is 6.07. The predicted octanol–water partition coefficient (Wildman–Crippen LogP) is 1.31. The van der Waals surface area contributed by atoms with Gasteiger partial charge in [-0.15, -0.1) is 0 Å². The summed E-state index contributed by atoms with van der Waals surface area (Å²) in [6.45, 7) is 3.43. The van der Waals surface area contributed by atoms with Crippen molar-refractivity contribution < 1.29 is 14.2 Å². The fourth-order valence-corrected chi connectivity index (χ4v) is 3.60. The van der Waals surface area contributed by atoms with E-state index in [0.29, 0.717) is 13.3 Å². The van der Waals surface area contributed by atoms with Crippen molar-refractivity contribution in [3.05, 3.63) is 41.7 Å². The first kappa shape index (κ1) is 16.4. The molecule has 1 fully saturated rings. The molecule has 25 heavy (non-hydrogen) atoms. The fourth-order valence-electron chi connectivity index (χ4n) is 3.60. The number of ether oxygens (including phenoxy) is 3. The quantitative estimate of drug-likeness (QED) is 0.883. The van der Waals surface area contributed by atoms with Crippen molar-refractivity contribution >= 4 is 0 Å². The van der Waals surface area contributed by atoms with E-state index < -0.39 is 0 Å². The zero-order chi connectivity index (χ0) is 17.2. The third kappa shape index (κ3) is 3.22. The van der Waals surface area contributed by atoms with Gasteiger partial charge in [-0.2, -0.15) is 5.10 Å². The molecule has 134 valence electrons. The van der Waals surface area contributed by atoms with Crippen LogP contribution in [0.25, 0.3) is 0 Å². The van der Waals surface area contributed by atoms with Crippen LogP contribution in [-0.2, 0) is 18.3 Å². The van der Waals surface area contributed by atoms with Gasteiger partial charge in [-0.1, -0.05) is 12.1 Å². The number of likely N-dealkylation sites (N-methyl/N-ethyl adjacent to an activating group) is 1. The smallest absolute Gasteiger partial charge is 0.231 e. The summed E-state index contributed by atoms with van der Waals surface area (Å²) in [5.41, 5.74) is 2.28. The van der Waals surface area contributed by atoms with E-state index in [4.69, 9.17) is 14.2 Å². The number of hydrogen-bond donors (Lipinski definition) is 1. The molecule has 1 aromatic heterocycles. The minimum absolute atomic E-state index is 0.0723. The van der Waals surface area contributed by atoms with Crippen molar-refractivity contribution in [1.82, 2.24) is 20.0 Å². The predicted molar refractivity (Wildman–Crippen MR) is 92.6 cm³/mol. The third-order valence-corrected chi connectivity index (χ3v) is 4.90. The van der Waals surface area contributed by atoms with Crippen LogP contribution in [0, 0.1) is 0 Å². The zero-order valence-corrected chi connectivity index (χ0v) is 14.6. The van der Waals surface area contributed by atoms with Gasteiger partial charge in [0.2, 0.25) is 6.79 Å². The van der Waals surface area contributed by atoms with Gasteiger partial charge in [0.25, 0.3) is 0 Å². The second-order valence-electron chi connectivity index (χ2n) is 6.50. The lowest BCUT2D eigenvalue weighted by molar-refractivity contribution is -0.0639. The molecule has 3 heterocycles. The molecule has 4 rings (SSSR count). The number of para-hydroxylation sites is 1. The van der Waals surface area contributed by atoms with Crippen molar-refractivity contribution in [2.75, 3.05) is 33.5 Å². The van der Waals surface area contributed by atoms with Gasteiger partial charge in [-0.25, -0.2) is 0 Å². The van der Waals surface area contributed by atoms with E-state index >= 15 is 0 Å². The average Bonchev–Trinajstić information content (AvgIpc) is 3.24. The van der Waals surface area contributed by atoms with Gasteiger partial charge >= 0.3 is 0 Å². The lowest BCUT2D eigenvalue weighted by Gasteiger charge is -2.39. The summed E-state index contributed by atoms with van der Waals surface area (Å²) in [5, 5.41) is 7.83. The minimum atomic E-state index is 0.0723. The Morgan fingerprint density at radius 2 is 2.16 bits per heavy atom. The van der Waals surface area contributed by atoms with Crippen molar-refractivity contribution in [3.8, 4) is 11.5 Å². The van der Waals surface area contributed by atoms with E-state index in [1.165, 1.54) is 5.69 Å². The SMILES string of the molecule is CN1CCO[C@@H](CNCc2cccc3c2OCO3)[C@@H]1c1ccnn1C. The van der Waals surface area contributed by atoms with Crippen molar-refractivity contribution in [3.63, 3.8) is 0 Å². The Morgan fingerprint density at radius 1 is 1.24 bits per heavy atom. The van der Waals surface area contributed by atoms with Gasteiger partial charge < -0.3 is 19.5 Å². The Kier molecular flexibility index (Phi) is 4.61. The van der Waals surface area contributed by atoms with Crippen LogP contribution in [0.2, 0.25) is 0 Å². The molecule has 2 aliphatic rings. The Balaban J connectivity index is 1.43. The number of aryl methyl sites for hydroxylation is 1. The highest BCUT2D eigenvalue weighted by Crippen LogP contribution is 2.35. The molecule has 1 aromatic carbocycles. The molecule has 2 atom stereocenters. The molecule has 0 saturated carbocycles. The van der Waals surface area contributed by atoms with E-state index in [1.54, 1.807) is 0 Å². The summed E-state index contributed by atoms with van der Waals surface area (Å²) in [5.74, 6) is 1.67. The van der Waals surface area contributed by atoms with E-state index in [-0.39, 0.29) is 12.1 Å². The maximum absolute atomic E-state index is 6.07. The summed E-state index contributed by atoms with van der Waals surface area (Å²) in [6, 6.07) is 8.25. The fraction of sp³-hybridized carbons (Fsp3) is 0.500. The molecule has 2 aliphatic heterocycles. The first-order valence-electron chi connectivity index (χ1n) is 8.62. The van der Waals surface area contributed by atoms with Crippen LogP contribution >= 0.6 is 0 Å². The van der Waals surface area contributed by atoms with E-state index in [9.17, 15) is 0 Å². The van der Waals surface area contributed by atoms with Gasteiger partial charge in [-0.05, 0) is 19.2 Å². The highest BCUT2D eigenvalue weighted by molar-refractivity contribution is 5.48. The number of nitrogens with one attached hydrogen (secondary N) is 1. The highest BCUT2D eigenvalue weighted by atomic mass is 16.7. The number of hydrogen-bond acceptors (Lipinski definition) is 6. The van der Waals surface area contributed by atoms with Gasteiger partial charge in [0, 0.05) is 38.4 Å². The van der Waals surface area contributed by atoms with E-state index in [2.05, 4.69) is 34.5 Å². The molecular weight excluding hydrogens is 320 g/mol. The number of fused-ring (bicyclic) bond motifs is 1. The molecule has 0 aliphatic carbocycles. The second-order valence-corrected chi connectivity index (χ2v) is 6.50. The van der Waals surface area contributed by atoms with E-state index in [1.807, 2.05) is 30.1 Å². The molecule has 7 heteroatoms. The molecule has 0 radical (unpaired) electrons. The largest absolute Gasteiger partial charge is 0.454 e. The van der Waals surface area contributed by atoms with Crippen LogP contribution in [0.5, 0.6) is 11.5 Å². The van der Waals surface area contributed by atoms with Crippen LogP contribution in [0.3, 0.4) is 0 Å². The Bertz CT molecular complexity index is 733. The highest BCUT2D eigenvalue weighted by Gasteiger charge is 2.33. The molecule has 0 unspecified atom stereocenters. The van der Waals surface area contributed by atoms with Gasteiger partial charge in [-0.3, -0.25) is 9.58 Å². The van der Waals surface area contributed by atoms with Crippen LogP contribution in [0.4, 0.5) is 0 Å². The average molecular weight is 344 g/mol. The molecule has 7 nitrogen and oxygen atoms in total. The summed E-state index contributed by atoms with van der Waals surface area (Å²) < 4.78 is 19.0. The topological polar surface area (TPSA) is 60.8 Å². The number of rotatable bonds is 5. The monoisotopic (exact) mass is 344 g/mol. The molecule has 1 N–H and O–H groups in total. The number of nitrogens with zero attached hydrogens (tertiary/aromatic N) is 3. The summed E-state index contributed by atoms with van der Waals surface area (Å²) in [4.78, 5) is 2.34. The first-order valence-corrected chi connectivity index (χ1v) is 8.62. The van der Waals surface area contributed by atoms with Gasteiger partial charge in [0.1, 0.15) is 0 Å². The van der Waals surface area contributed by atoms with Crippen molar-refractivity contribution in [2.24, 2.45) is 7.05 Å². The summed E-state index contributed by atoms with van der Waals surface area (Å²) in [7, 11) is 4.12. The van der Waals surface area contributed by atoms with E-state index in [0.717, 1.165) is 36.8 Å². The van der Waals surface area contributed by atoms with Crippen LogP contribution in [0.15, 0.2) is 30.5 Å². The third-order valence-electron chi connectivity index (χ3n) is 4.90. The van der Waals surface area contributed by atoms with Crippen LogP contribution in [0.1, 0.15) is 17.3 Å². The second kappa shape index (κ2) is 7.03. The Morgan fingerprint density at radius 3 is 3.00 bits per heavy atom. The Labute approximate surface area is 147 Å². The molecule has 1 saturated heterocycles. The van der Waals surface area contributed by atoms with Gasteiger partial charge in [0.05, 0.1) is 24.4 Å². The van der Waals surface area contributed by atoms with Crippen LogP contribution in [-0.4, -0.2) is 54.3 Å². The van der Waals surface area contributed by atoms with Gasteiger partial charge in [0.15, 0.2) is 11.5 Å². The normalized spacial score (nSPS) is 23.1. The molecule has 0 bridgehead atoms. The molecule has 0 spiro atoms. The minimum Gasteiger partial charge on any atom is -0.454 e. The molecule has 2 aromatic rings. The zero-order valence-electron chi connectivity index (χ0n) is 14.6. The maximum Gasteiger partial charge on any atom is 0.231 e. The lowest BCUT2D eigenvalue weighted by atomic mass is 10.0.